The van der Waals surface area contributed by atoms with Gasteiger partial charge in [-0.1, -0.05) is 17.7 Å². The van der Waals surface area contributed by atoms with Crippen molar-refractivity contribution < 1.29 is 23.5 Å². The summed E-state index contributed by atoms with van der Waals surface area (Å²) in [5.74, 6) is -0.368. The molecule has 3 rings (SSSR count). The van der Waals surface area contributed by atoms with E-state index in [1.165, 1.54) is 6.92 Å². The fourth-order valence-corrected chi connectivity index (χ4v) is 3.22. The van der Waals surface area contributed by atoms with Crippen molar-refractivity contribution in [2.45, 2.75) is 40.5 Å². The molecule has 0 saturated carbocycles. The highest BCUT2D eigenvalue weighted by Gasteiger charge is 2.21. The van der Waals surface area contributed by atoms with Crippen LogP contribution in [0.15, 0.2) is 28.7 Å². The minimum absolute atomic E-state index is 0.00421. The molecule has 0 atom stereocenters. The number of Topliss-reactive ketones (excluding diaryl/α,β-unsaturated/α-hetero) is 2. The van der Waals surface area contributed by atoms with Crippen molar-refractivity contribution >= 4 is 17.5 Å². The van der Waals surface area contributed by atoms with Gasteiger partial charge in [0.25, 0.3) is 0 Å². The third kappa shape index (κ3) is 4.71. The van der Waals surface area contributed by atoms with E-state index in [4.69, 9.17) is 9.15 Å². The monoisotopic (exact) mass is 409 g/mol. The van der Waals surface area contributed by atoms with Crippen LogP contribution in [0.1, 0.15) is 56.9 Å². The number of esters is 1. The molecule has 2 heterocycles. The summed E-state index contributed by atoms with van der Waals surface area (Å²) >= 11 is 0. The number of aromatic amines is 1. The Kier molecular flexibility index (Phi) is 6.25. The van der Waals surface area contributed by atoms with Crippen molar-refractivity contribution in [1.82, 2.24) is 15.2 Å². The van der Waals surface area contributed by atoms with Crippen molar-refractivity contribution in [3.8, 4) is 11.5 Å². The highest BCUT2D eigenvalue weighted by Crippen LogP contribution is 2.20. The van der Waals surface area contributed by atoms with E-state index in [0.717, 1.165) is 11.1 Å². The fourth-order valence-electron chi connectivity index (χ4n) is 3.22. The maximum absolute atomic E-state index is 12.4. The predicted molar refractivity (Wildman–Crippen MR) is 108 cm³/mol. The van der Waals surface area contributed by atoms with Gasteiger partial charge >= 0.3 is 5.97 Å². The SMILES string of the molecule is CC(=O)c1c(C)[nH]c(C(=O)COC(=O)CCc2nnc(-c3ccc(C)cc3)o2)c1C. The smallest absolute Gasteiger partial charge is 0.306 e. The molecule has 8 heteroatoms. The van der Waals surface area contributed by atoms with E-state index >= 15 is 0 Å². The van der Waals surface area contributed by atoms with E-state index in [-0.39, 0.29) is 24.3 Å². The van der Waals surface area contributed by atoms with E-state index < -0.39 is 18.4 Å². The number of rotatable bonds is 8. The first-order chi connectivity index (χ1) is 14.3. The normalized spacial score (nSPS) is 10.8. The van der Waals surface area contributed by atoms with Crippen molar-refractivity contribution in [3.05, 3.63) is 58.2 Å². The molecule has 0 spiro atoms. The van der Waals surface area contributed by atoms with Gasteiger partial charge < -0.3 is 14.1 Å². The molecule has 0 radical (unpaired) electrons. The largest absolute Gasteiger partial charge is 0.457 e. The number of aromatic nitrogens is 3. The lowest BCUT2D eigenvalue weighted by atomic mass is 10.1. The number of aryl methyl sites for hydroxylation is 3. The first kappa shape index (κ1) is 21.2. The van der Waals surface area contributed by atoms with Gasteiger partial charge in [0.2, 0.25) is 17.6 Å². The van der Waals surface area contributed by atoms with Crippen LogP contribution in [0.3, 0.4) is 0 Å². The molecule has 1 aromatic carbocycles. The van der Waals surface area contributed by atoms with Gasteiger partial charge in [-0.15, -0.1) is 10.2 Å². The van der Waals surface area contributed by atoms with Crippen molar-refractivity contribution in [2.24, 2.45) is 0 Å². The van der Waals surface area contributed by atoms with Crippen LogP contribution in [0.2, 0.25) is 0 Å². The summed E-state index contributed by atoms with van der Waals surface area (Å²) in [6, 6.07) is 7.66. The van der Waals surface area contributed by atoms with Crippen molar-refractivity contribution in [1.29, 1.82) is 0 Å². The molecule has 156 valence electrons. The van der Waals surface area contributed by atoms with Crippen molar-refractivity contribution in [3.63, 3.8) is 0 Å². The van der Waals surface area contributed by atoms with Gasteiger partial charge in [-0.3, -0.25) is 14.4 Å². The lowest BCUT2D eigenvalue weighted by Crippen LogP contribution is -2.15. The molecular formula is C22H23N3O5. The van der Waals surface area contributed by atoms with E-state index in [1.807, 2.05) is 31.2 Å². The van der Waals surface area contributed by atoms with E-state index in [0.29, 0.717) is 28.6 Å². The first-order valence-electron chi connectivity index (χ1n) is 9.54. The van der Waals surface area contributed by atoms with E-state index in [1.54, 1.807) is 13.8 Å². The average molecular weight is 409 g/mol. The molecule has 0 fully saturated rings. The second-order valence-electron chi connectivity index (χ2n) is 7.13. The van der Waals surface area contributed by atoms with Crippen LogP contribution in [0.4, 0.5) is 0 Å². The lowest BCUT2D eigenvalue weighted by molar-refractivity contribution is -0.142. The van der Waals surface area contributed by atoms with Gasteiger partial charge in [-0.05, 0) is 45.4 Å². The Hall–Kier alpha value is -3.55. The molecule has 2 aromatic heterocycles. The zero-order valence-electron chi connectivity index (χ0n) is 17.4. The third-order valence-electron chi connectivity index (χ3n) is 4.74. The summed E-state index contributed by atoms with van der Waals surface area (Å²) in [4.78, 5) is 38.9. The molecule has 0 aliphatic rings. The average Bonchev–Trinajstić information content (AvgIpc) is 3.29. The quantitative estimate of drug-likeness (QED) is 0.447. The summed E-state index contributed by atoms with van der Waals surface area (Å²) < 4.78 is 10.6. The van der Waals surface area contributed by atoms with Gasteiger partial charge in [0.15, 0.2) is 12.4 Å². The predicted octanol–water partition coefficient (Wildman–Crippen LogP) is 3.55. The molecule has 0 saturated heterocycles. The van der Waals surface area contributed by atoms with Crippen LogP contribution in [0.25, 0.3) is 11.5 Å². The lowest BCUT2D eigenvalue weighted by Gasteiger charge is -2.03. The van der Waals surface area contributed by atoms with Crippen LogP contribution in [-0.2, 0) is 16.0 Å². The number of H-pyrrole nitrogens is 1. The number of benzene rings is 1. The number of hydrogen-bond donors (Lipinski definition) is 1. The molecule has 0 bridgehead atoms. The highest BCUT2D eigenvalue weighted by atomic mass is 16.5. The second-order valence-corrected chi connectivity index (χ2v) is 7.13. The van der Waals surface area contributed by atoms with Crippen LogP contribution >= 0.6 is 0 Å². The fraction of sp³-hybridized carbons (Fsp3) is 0.318. The van der Waals surface area contributed by atoms with Crippen LogP contribution in [0.5, 0.6) is 0 Å². The number of hydrogen-bond acceptors (Lipinski definition) is 7. The minimum atomic E-state index is -0.550. The molecule has 0 amide bonds. The number of nitrogens with one attached hydrogen (secondary N) is 1. The Balaban J connectivity index is 1.52. The standard InChI is InChI=1S/C22H23N3O5/c1-12-5-7-16(8-6-12)22-25-24-18(30-22)9-10-19(28)29-11-17(27)21-13(2)20(15(4)26)14(3)23-21/h5-8,23H,9-11H2,1-4H3. The molecule has 0 unspecified atom stereocenters. The Morgan fingerprint density at radius 3 is 2.40 bits per heavy atom. The van der Waals surface area contributed by atoms with E-state index in [2.05, 4.69) is 15.2 Å². The Labute approximate surface area is 173 Å². The molecule has 0 aliphatic carbocycles. The zero-order chi connectivity index (χ0) is 21.8. The summed E-state index contributed by atoms with van der Waals surface area (Å²) in [5, 5.41) is 7.93. The molecule has 3 aromatic rings. The number of carbonyl (C=O) groups excluding carboxylic acids is 3. The maximum Gasteiger partial charge on any atom is 0.306 e. The summed E-state index contributed by atoms with van der Waals surface area (Å²) in [7, 11) is 0. The molecule has 30 heavy (non-hydrogen) atoms. The Morgan fingerprint density at radius 2 is 1.77 bits per heavy atom. The van der Waals surface area contributed by atoms with Gasteiger partial charge in [-0.25, -0.2) is 0 Å². The van der Waals surface area contributed by atoms with Gasteiger partial charge in [0.1, 0.15) is 0 Å². The number of nitrogens with zero attached hydrogens (tertiary/aromatic N) is 2. The zero-order valence-corrected chi connectivity index (χ0v) is 17.4. The topological polar surface area (TPSA) is 115 Å². The van der Waals surface area contributed by atoms with Crippen LogP contribution < -0.4 is 0 Å². The summed E-state index contributed by atoms with van der Waals surface area (Å²) in [6.45, 7) is 6.44. The number of carbonyl (C=O) groups is 3. The third-order valence-corrected chi connectivity index (χ3v) is 4.74. The number of ketones is 2. The highest BCUT2D eigenvalue weighted by molar-refractivity contribution is 6.04. The van der Waals surface area contributed by atoms with Gasteiger partial charge in [0, 0.05) is 23.2 Å². The summed E-state index contributed by atoms with van der Waals surface area (Å²) in [5.41, 5.74) is 3.88. The first-order valence-corrected chi connectivity index (χ1v) is 9.54. The van der Waals surface area contributed by atoms with E-state index in [9.17, 15) is 14.4 Å². The molecule has 1 N–H and O–H groups in total. The Morgan fingerprint density at radius 1 is 1.07 bits per heavy atom. The minimum Gasteiger partial charge on any atom is -0.457 e. The van der Waals surface area contributed by atoms with Crippen LogP contribution in [0, 0.1) is 20.8 Å². The van der Waals surface area contributed by atoms with Gasteiger partial charge in [0.05, 0.1) is 12.1 Å². The molecule has 0 aliphatic heterocycles. The number of ether oxygens (including phenoxy) is 1. The van der Waals surface area contributed by atoms with Crippen molar-refractivity contribution in [2.75, 3.05) is 6.61 Å². The second kappa shape index (κ2) is 8.86. The maximum atomic E-state index is 12.4. The summed E-state index contributed by atoms with van der Waals surface area (Å²) in [6.07, 6.45) is 0.214. The van der Waals surface area contributed by atoms with Crippen LogP contribution in [-0.4, -0.2) is 39.3 Å². The Bertz CT molecular complexity index is 1090. The molecule has 8 nitrogen and oxygen atoms in total. The van der Waals surface area contributed by atoms with Gasteiger partial charge in [-0.2, -0.15) is 0 Å². The molecular weight excluding hydrogens is 386 g/mol.